The Morgan fingerprint density at radius 1 is 1.37 bits per heavy atom. The molecule has 104 valence electrons. The van der Waals surface area contributed by atoms with Crippen molar-refractivity contribution in [2.24, 2.45) is 0 Å². The van der Waals surface area contributed by atoms with Crippen LogP contribution >= 0.6 is 0 Å². The lowest BCUT2D eigenvalue weighted by Gasteiger charge is -2.42. The summed E-state index contributed by atoms with van der Waals surface area (Å²) in [6, 6.07) is 10.3. The Balaban J connectivity index is 2.10. The highest BCUT2D eigenvalue weighted by Crippen LogP contribution is 2.30. The summed E-state index contributed by atoms with van der Waals surface area (Å²) in [4.78, 5) is 13.7. The molecule has 19 heavy (non-hydrogen) atoms. The van der Waals surface area contributed by atoms with E-state index in [4.69, 9.17) is 0 Å². The summed E-state index contributed by atoms with van der Waals surface area (Å²) < 4.78 is 0. The van der Waals surface area contributed by atoms with Crippen molar-refractivity contribution >= 4 is 5.97 Å². The van der Waals surface area contributed by atoms with Gasteiger partial charge in [0.2, 0.25) is 0 Å². The minimum absolute atomic E-state index is 0.359. The molecule has 2 atom stereocenters. The van der Waals surface area contributed by atoms with Crippen LogP contribution in [-0.2, 0) is 4.79 Å². The Morgan fingerprint density at radius 2 is 2.05 bits per heavy atom. The second kappa shape index (κ2) is 5.74. The van der Waals surface area contributed by atoms with Crippen LogP contribution in [0.4, 0.5) is 0 Å². The summed E-state index contributed by atoms with van der Waals surface area (Å²) in [5.41, 5.74) is 0.585. The van der Waals surface area contributed by atoms with E-state index >= 15 is 0 Å². The number of likely N-dealkylation sites (tertiary alicyclic amines) is 1. The lowest BCUT2D eigenvalue weighted by Crippen LogP contribution is -2.56. The molecular weight excluding hydrogens is 238 g/mol. The van der Waals surface area contributed by atoms with Crippen molar-refractivity contribution in [1.29, 1.82) is 0 Å². The first-order valence-corrected chi connectivity index (χ1v) is 7.07. The van der Waals surface area contributed by atoms with E-state index in [9.17, 15) is 9.90 Å². The fourth-order valence-electron chi connectivity index (χ4n) is 2.93. The maximum Gasteiger partial charge on any atom is 0.323 e. The second-order valence-corrected chi connectivity index (χ2v) is 5.79. The van der Waals surface area contributed by atoms with E-state index in [1.165, 1.54) is 5.56 Å². The van der Waals surface area contributed by atoms with Gasteiger partial charge in [-0.05, 0) is 44.2 Å². The van der Waals surface area contributed by atoms with Crippen LogP contribution in [-0.4, -0.2) is 34.6 Å². The minimum atomic E-state index is -0.693. The summed E-state index contributed by atoms with van der Waals surface area (Å²) in [6.07, 6.45) is 2.87. The first-order valence-electron chi connectivity index (χ1n) is 7.07. The quantitative estimate of drug-likeness (QED) is 0.905. The van der Waals surface area contributed by atoms with Gasteiger partial charge in [0.15, 0.2) is 0 Å². The Kier molecular flexibility index (Phi) is 4.25. The number of rotatable bonds is 4. The molecule has 1 saturated heterocycles. The maximum atomic E-state index is 11.6. The second-order valence-electron chi connectivity index (χ2n) is 5.79. The van der Waals surface area contributed by atoms with Crippen molar-refractivity contribution in [2.45, 2.75) is 44.6 Å². The van der Waals surface area contributed by atoms with E-state index in [1.807, 2.05) is 25.1 Å². The highest BCUT2D eigenvalue weighted by Gasteiger charge is 2.41. The van der Waals surface area contributed by atoms with Gasteiger partial charge >= 0.3 is 5.97 Å². The molecular formula is C16H23NO2. The zero-order valence-corrected chi connectivity index (χ0v) is 11.8. The third-order valence-electron chi connectivity index (χ3n) is 4.36. The van der Waals surface area contributed by atoms with Crippen molar-refractivity contribution in [1.82, 2.24) is 4.90 Å². The summed E-state index contributed by atoms with van der Waals surface area (Å²) in [6.45, 7) is 5.74. The minimum Gasteiger partial charge on any atom is -0.480 e. The van der Waals surface area contributed by atoms with Gasteiger partial charge in [0.05, 0.1) is 0 Å². The molecule has 0 amide bonds. The molecule has 0 radical (unpaired) electrons. The largest absolute Gasteiger partial charge is 0.480 e. The topological polar surface area (TPSA) is 40.5 Å². The molecule has 3 heteroatoms. The Bertz CT molecular complexity index is 432. The lowest BCUT2D eigenvalue weighted by atomic mass is 9.87. The first-order chi connectivity index (χ1) is 9.04. The Morgan fingerprint density at radius 3 is 2.68 bits per heavy atom. The number of carboxylic acid groups (broad SMARTS) is 1. The molecule has 1 aliphatic heterocycles. The first kappa shape index (κ1) is 14.1. The van der Waals surface area contributed by atoms with Crippen LogP contribution in [0.15, 0.2) is 30.3 Å². The molecule has 1 heterocycles. The van der Waals surface area contributed by atoms with Crippen molar-refractivity contribution in [3.05, 3.63) is 35.9 Å². The van der Waals surface area contributed by atoms with Gasteiger partial charge in [-0.15, -0.1) is 0 Å². The molecule has 0 saturated carbocycles. The van der Waals surface area contributed by atoms with E-state index in [0.717, 1.165) is 32.4 Å². The molecule has 0 aliphatic carbocycles. The zero-order chi connectivity index (χ0) is 13.9. The summed E-state index contributed by atoms with van der Waals surface area (Å²) in [7, 11) is 0. The van der Waals surface area contributed by atoms with Crippen LogP contribution in [0, 0.1) is 0 Å². The van der Waals surface area contributed by atoms with Crippen LogP contribution < -0.4 is 0 Å². The van der Waals surface area contributed by atoms with Gasteiger partial charge in [-0.1, -0.05) is 37.3 Å². The van der Waals surface area contributed by atoms with Crippen molar-refractivity contribution in [2.75, 3.05) is 13.1 Å². The molecule has 0 bridgehead atoms. The average molecular weight is 261 g/mol. The van der Waals surface area contributed by atoms with Crippen molar-refractivity contribution < 1.29 is 9.90 Å². The summed E-state index contributed by atoms with van der Waals surface area (Å²) in [5.74, 6) is -0.328. The van der Waals surface area contributed by atoms with E-state index in [0.29, 0.717) is 5.92 Å². The number of carboxylic acids is 1. The summed E-state index contributed by atoms with van der Waals surface area (Å²) in [5, 5.41) is 9.51. The number of hydrogen-bond acceptors (Lipinski definition) is 2. The van der Waals surface area contributed by atoms with Crippen LogP contribution in [0.2, 0.25) is 0 Å². The Labute approximate surface area is 115 Å². The third-order valence-corrected chi connectivity index (χ3v) is 4.36. The number of carbonyl (C=O) groups is 1. The van der Waals surface area contributed by atoms with Crippen LogP contribution in [0.3, 0.4) is 0 Å². The van der Waals surface area contributed by atoms with Gasteiger partial charge in [-0.25, -0.2) is 0 Å². The number of aliphatic carboxylic acids is 1. The van der Waals surface area contributed by atoms with Gasteiger partial charge in [-0.2, -0.15) is 0 Å². The number of benzene rings is 1. The molecule has 1 aromatic rings. The predicted octanol–water partition coefficient (Wildman–Crippen LogP) is 3.12. The fourth-order valence-corrected chi connectivity index (χ4v) is 2.93. The molecule has 1 aliphatic rings. The van der Waals surface area contributed by atoms with Crippen LogP contribution in [0.5, 0.6) is 0 Å². The highest BCUT2D eigenvalue weighted by atomic mass is 16.4. The van der Waals surface area contributed by atoms with E-state index in [1.54, 1.807) is 0 Å². The highest BCUT2D eigenvalue weighted by molar-refractivity contribution is 5.78. The summed E-state index contributed by atoms with van der Waals surface area (Å²) >= 11 is 0. The van der Waals surface area contributed by atoms with Gasteiger partial charge in [0, 0.05) is 6.54 Å². The maximum absolute atomic E-state index is 11.6. The molecule has 1 fully saturated rings. The smallest absolute Gasteiger partial charge is 0.323 e. The van der Waals surface area contributed by atoms with Crippen LogP contribution in [0.1, 0.15) is 44.6 Å². The van der Waals surface area contributed by atoms with Crippen molar-refractivity contribution in [3.63, 3.8) is 0 Å². The monoisotopic (exact) mass is 261 g/mol. The van der Waals surface area contributed by atoms with Gasteiger partial charge < -0.3 is 5.11 Å². The van der Waals surface area contributed by atoms with E-state index in [-0.39, 0.29) is 0 Å². The van der Waals surface area contributed by atoms with E-state index in [2.05, 4.69) is 24.0 Å². The number of hydrogen-bond donors (Lipinski definition) is 1. The number of nitrogens with zero attached hydrogens (tertiary/aromatic N) is 1. The van der Waals surface area contributed by atoms with Gasteiger partial charge in [-0.3, -0.25) is 9.69 Å². The SMILES string of the molecule is CC(CN1CCCCC1(C)C(=O)O)c1ccccc1. The third kappa shape index (κ3) is 2.98. The zero-order valence-electron chi connectivity index (χ0n) is 11.8. The molecule has 1 aromatic carbocycles. The van der Waals surface area contributed by atoms with Crippen molar-refractivity contribution in [3.8, 4) is 0 Å². The number of piperidine rings is 1. The fraction of sp³-hybridized carbons (Fsp3) is 0.562. The predicted molar refractivity (Wildman–Crippen MR) is 76.3 cm³/mol. The van der Waals surface area contributed by atoms with Gasteiger partial charge in [0.25, 0.3) is 0 Å². The molecule has 0 spiro atoms. The molecule has 2 rings (SSSR count). The van der Waals surface area contributed by atoms with Gasteiger partial charge in [0.1, 0.15) is 5.54 Å². The van der Waals surface area contributed by atoms with Crippen LogP contribution in [0.25, 0.3) is 0 Å². The standard InChI is InChI=1S/C16H23NO2/c1-13(14-8-4-3-5-9-14)12-17-11-7-6-10-16(17,2)15(18)19/h3-5,8-9,13H,6-7,10-12H2,1-2H3,(H,18,19). The lowest BCUT2D eigenvalue weighted by molar-refractivity contribution is -0.153. The molecule has 1 N–H and O–H groups in total. The normalized spacial score (nSPS) is 26.0. The average Bonchev–Trinajstić information content (AvgIpc) is 2.42. The molecule has 0 aromatic heterocycles. The Hall–Kier alpha value is -1.35. The molecule has 3 nitrogen and oxygen atoms in total. The van der Waals surface area contributed by atoms with E-state index < -0.39 is 11.5 Å². The molecule has 2 unspecified atom stereocenters.